The van der Waals surface area contributed by atoms with Crippen LogP contribution in [0.3, 0.4) is 0 Å². The van der Waals surface area contributed by atoms with Gasteiger partial charge in [0, 0.05) is 0 Å². The van der Waals surface area contributed by atoms with Crippen LogP contribution in [0.4, 0.5) is 13.2 Å². The van der Waals surface area contributed by atoms with E-state index in [1.165, 1.54) is 12.1 Å². The van der Waals surface area contributed by atoms with E-state index in [9.17, 15) is 13.2 Å². The summed E-state index contributed by atoms with van der Waals surface area (Å²) in [5.41, 5.74) is 0.674. The maximum absolute atomic E-state index is 12.6. The Morgan fingerprint density at radius 1 is 1.00 bits per heavy atom. The van der Waals surface area contributed by atoms with Crippen LogP contribution in [0.2, 0.25) is 0 Å². The molecule has 1 aromatic rings. The zero-order chi connectivity index (χ0) is 15.9. The average molecular weight is 334 g/mol. The van der Waals surface area contributed by atoms with Crippen molar-refractivity contribution in [1.29, 1.82) is 0 Å². The molecule has 5 heteroatoms. The first-order valence-electron chi connectivity index (χ1n) is 6.98. The van der Waals surface area contributed by atoms with Gasteiger partial charge in [0.2, 0.25) is 0 Å². The van der Waals surface area contributed by atoms with Gasteiger partial charge in [-0.1, -0.05) is 32.9 Å². The van der Waals surface area contributed by atoms with Crippen molar-refractivity contribution in [3.8, 4) is 0 Å². The molecular weight excluding hydrogens is 313 g/mol. The number of alkyl halides is 3. The zero-order valence-corrected chi connectivity index (χ0v) is 14.4. The lowest BCUT2D eigenvalue weighted by molar-refractivity contribution is -0.137. The summed E-state index contributed by atoms with van der Waals surface area (Å²) in [6, 6.07) is 5.63. The van der Waals surface area contributed by atoms with E-state index in [0.29, 0.717) is 5.92 Å². The fourth-order valence-corrected chi connectivity index (χ4v) is 6.01. The van der Waals surface area contributed by atoms with E-state index in [1.807, 2.05) is 23.5 Å². The van der Waals surface area contributed by atoms with Gasteiger partial charge in [0.1, 0.15) is 0 Å². The van der Waals surface area contributed by atoms with Gasteiger partial charge in [0.15, 0.2) is 0 Å². The lowest BCUT2D eigenvalue weighted by Gasteiger charge is -2.41. The molecule has 1 heterocycles. The minimum atomic E-state index is -4.26. The second-order valence-electron chi connectivity index (χ2n) is 6.71. The van der Waals surface area contributed by atoms with Crippen LogP contribution in [-0.4, -0.2) is 11.5 Å². The molecule has 0 aliphatic carbocycles. The molecule has 0 unspecified atom stereocenters. The lowest BCUT2D eigenvalue weighted by Crippen LogP contribution is -2.32. The van der Waals surface area contributed by atoms with Crippen molar-refractivity contribution in [3.05, 3.63) is 35.4 Å². The molecule has 1 aliphatic heterocycles. The maximum Gasteiger partial charge on any atom is 0.416 e. The van der Waals surface area contributed by atoms with Crippen LogP contribution < -0.4 is 0 Å². The number of hydrogen-bond acceptors (Lipinski definition) is 2. The predicted molar refractivity (Wildman–Crippen MR) is 86.7 cm³/mol. The van der Waals surface area contributed by atoms with Gasteiger partial charge in [0.25, 0.3) is 0 Å². The molecule has 0 aromatic heterocycles. The summed E-state index contributed by atoms with van der Waals surface area (Å²) in [6.07, 6.45) is -4.26. The van der Waals surface area contributed by atoms with Crippen LogP contribution >= 0.6 is 23.5 Å². The first-order chi connectivity index (χ1) is 9.52. The van der Waals surface area contributed by atoms with Crippen LogP contribution in [0.5, 0.6) is 0 Å². The molecule has 0 bridgehead atoms. The Balaban J connectivity index is 2.12. The van der Waals surface area contributed by atoms with E-state index in [-0.39, 0.29) is 9.49 Å². The van der Waals surface area contributed by atoms with Crippen LogP contribution in [-0.2, 0) is 10.3 Å². The highest BCUT2D eigenvalue weighted by Crippen LogP contribution is 2.53. The predicted octanol–water partition coefficient (Wildman–Crippen LogP) is 6.02. The molecule has 0 radical (unpaired) electrons. The standard InChI is InChI=1S/C16H21F3S2/c1-14(2,3)13-9-20-15(4,21-10-13)11-5-7-12(8-6-11)16(17,18)19/h5-8,13H,9-10H2,1-4H3. The highest BCUT2D eigenvalue weighted by atomic mass is 32.2. The maximum atomic E-state index is 12.6. The van der Waals surface area contributed by atoms with Gasteiger partial charge in [-0.25, -0.2) is 0 Å². The molecule has 0 spiro atoms. The Hall–Kier alpha value is -0.290. The number of rotatable bonds is 1. The van der Waals surface area contributed by atoms with Crippen molar-refractivity contribution >= 4 is 23.5 Å². The van der Waals surface area contributed by atoms with Crippen molar-refractivity contribution in [3.63, 3.8) is 0 Å². The SMILES string of the molecule is CC1(c2ccc(C(F)(F)F)cc2)SCC(C(C)(C)C)CS1. The smallest absolute Gasteiger partial charge is 0.166 e. The summed E-state index contributed by atoms with van der Waals surface area (Å²) >= 11 is 3.70. The molecular formula is C16H21F3S2. The van der Waals surface area contributed by atoms with Crippen molar-refractivity contribution < 1.29 is 13.2 Å². The number of hydrogen-bond donors (Lipinski definition) is 0. The van der Waals surface area contributed by atoms with E-state index in [0.717, 1.165) is 17.1 Å². The number of halogens is 3. The molecule has 118 valence electrons. The Morgan fingerprint density at radius 2 is 1.48 bits per heavy atom. The number of benzene rings is 1. The highest BCUT2D eigenvalue weighted by molar-refractivity contribution is 8.18. The summed E-state index contributed by atoms with van der Waals surface area (Å²) in [6.45, 7) is 8.86. The third-order valence-electron chi connectivity index (χ3n) is 4.08. The Kier molecular flexibility index (Phi) is 4.66. The van der Waals surface area contributed by atoms with Crippen LogP contribution in [0.1, 0.15) is 38.8 Å². The largest absolute Gasteiger partial charge is 0.416 e. The zero-order valence-electron chi connectivity index (χ0n) is 12.8. The Bertz CT molecular complexity index is 478. The summed E-state index contributed by atoms with van der Waals surface area (Å²) < 4.78 is 37.7. The van der Waals surface area contributed by atoms with Gasteiger partial charge in [-0.3, -0.25) is 0 Å². The molecule has 1 saturated heterocycles. The highest BCUT2D eigenvalue weighted by Gasteiger charge is 2.38. The quantitative estimate of drug-likeness (QED) is 0.616. The summed E-state index contributed by atoms with van der Waals surface area (Å²) in [7, 11) is 0. The van der Waals surface area contributed by atoms with E-state index < -0.39 is 11.7 Å². The van der Waals surface area contributed by atoms with E-state index in [1.54, 1.807) is 12.1 Å². The molecule has 1 aromatic carbocycles. The van der Waals surface area contributed by atoms with Crippen molar-refractivity contribution in [2.45, 2.75) is 38.0 Å². The molecule has 0 N–H and O–H groups in total. The first-order valence-corrected chi connectivity index (χ1v) is 8.95. The fourth-order valence-electron chi connectivity index (χ4n) is 2.24. The molecule has 0 amide bonds. The fraction of sp³-hybridized carbons (Fsp3) is 0.625. The first kappa shape index (κ1) is 17.1. The van der Waals surface area contributed by atoms with E-state index >= 15 is 0 Å². The molecule has 0 saturated carbocycles. The summed E-state index contributed by atoms with van der Waals surface area (Å²) in [5, 5.41) is 0. The molecule has 21 heavy (non-hydrogen) atoms. The van der Waals surface area contributed by atoms with Gasteiger partial charge in [0.05, 0.1) is 9.64 Å². The van der Waals surface area contributed by atoms with Gasteiger partial charge in [-0.05, 0) is 47.5 Å². The van der Waals surface area contributed by atoms with Gasteiger partial charge in [-0.2, -0.15) is 13.2 Å². The third-order valence-corrected chi connectivity index (χ3v) is 7.50. The van der Waals surface area contributed by atoms with Crippen molar-refractivity contribution in [2.75, 3.05) is 11.5 Å². The lowest BCUT2D eigenvalue weighted by atomic mass is 9.83. The number of thioether (sulfide) groups is 2. The second kappa shape index (κ2) is 5.73. The third kappa shape index (κ3) is 3.92. The summed E-state index contributed by atoms with van der Waals surface area (Å²) in [4.78, 5) is 0. The molecule has 1 fully saturated rings. The van der Waals surface area contributed by atoms with Gasteiger partial charge < -0.3 is 0 Å². The van der Waals surface area contributed by atoms with E-state index in [4.69, 9.17) is 0 Å². The molecule has 2 rings (SSSR count). The molecule has 1 aliphatic rings. The van der Waals surface area contributed by atoms with Crippen molar-refractivity contribution in [2.24, 2.45) is 11.3 Å². The topological polar surface area (TPSA) is 0 Å². The normalized spacial score (nSPS) is 27.7. The van der Waals surface area contributed by atoms with Gasteiger partial charge in [-0.15, -0.1) is 23.5 Å². The summed E-state index contributed by atoms with van der Waals surface area (Å²) in [5.74, 6) is 2.73. The minimum absolute atomic E-state index is 0.147. The monoisotopic (exact) mass is 334 g/mol. The molecule has 0 nitrogen and oxygen atoms in total. The van der Waals surface area contributed by atoms with Crippen LogP contribution in [0.15, 0.2) is 24.3 Å². The second-order valence-corrected chi connectivity index (χ2v) is 9.84. The average Bonchev–Trinajstić information content (AvgIpc) is 2.37. The van der Waals surface area contributed by atoms with Crippen LogP contribution in [0, 0.1) is 11.3 Å². The van der Waals surface area contributed by atoms with Crippen molar-refractivity contribution in [1.82, 2.24) is 0 Å². The molecule has 0 atom stereocenters. The van der Waals surface area contributed by atoms with Gasteiger partial charge >= 0.3 is 6.18 Å². The van der Waals surface area contributed by atoms with E-state index in [2.05, 4.69) is 27.7 Å². The minimum Gasteiger partial charge on any atom is -0.166 e. The van der Waals surface area contributed by atoms with Crippen LogP contribution in [0.25, 0.3) is 0 Å². The Labute approximate surface area is 133 Å². The Morgan fingerprint density at radius 3 is 1.86 bits per heavy atom.